The number of hydrogen-bond donors (Lipinski definition) is 3. The van der Waals surface area contributed by atoms with Crippen LogP contribution in [-0.4, -0.2) is 29.4 Å². The van der Waals surface area contributed by atoms with Gasteiger partial charge in [-0.1, -0.05) is 48.0 Å². The van der Waals surface area contributed by atoms with Crippen molar-refractivity contribution in [3.63, 3.8) is 0 Å². The molecule has 3 aromatic rings. The van der Waals surface area contributed by atoms with Crippen molar-refractivity contribution in [3.8, 4) is 0 Å². The van der Waals surface area contributed by atoms with Crippen molar-refractivity contribution < 1.29 is 9.59 Å². The predicted molar refractivity (Wildman–Crippen MR) is 105 cm³/mol. The van der Waals surface area contributed by atoms with Gasteiger partial charge in [-0.2, -0.15) is 0 Å². The van der Waals surface area contributed by atoms with Gasteiger partial charge >= 0.3 is 0 Å². The maximum atomic E-state index is 12.5. The van der Waals surface area contributed by atoms with Crippen LogP contribution in [0.2, 0.25) is 0 Å². The minimum Gasteiger partial charge on any atom is -0.361 e. The number of nitrogens with one attached hydrogen (secondary N) is 3. The molecule has 2 amide bonds. The number of hydrogen-bond acceptors (Lipinski definition) is 2. The molecule has 0 spiro atoms. The molecule has 5 nitrogen and oxygen atoms in total. The number of H-pyrrole nitrogens is 1. The molecule has 1 aromatic heterocycles. The second-order valence-corrected chi connectivity index (χ2v) is 7.16. The molecule has 1 aliphatic heterocycles. The summed E-state index contributed by atoms with van der Waals surface area (Å²) in [4.78, 5) is 27.2. The first-order chi connectivity index (χ1) is 13.1. The van der Waals surface area contributed by atoms with Crippen LogP contribution in [0.1, 0.15) is 35.4 Å². The third kappa shape index (κ3) is 3.58. The van der Waals surface area contributed by atoms with E-state index in [1.165, 1.54) is 5.56 Å². The van der Waals surface area contributed by atoms with Crippen LogP contribution in [0.4, 0.5) is 0 Å². The average Bonchev–Trinajstić information content (AvgIpc) is 3.29. The molecule has 2 unspecified atom stereocenters. The van der Waals surface area contributed by atoms with Crippen molar-refractivity contribution in [2.24, 2.45) is 0 Å². The first kappa shape index (κ1) is 17.3. The van der Waals surface area contributed by atoms with Gasteiger partial charge in [0.2, 0.25) is 11.8 Å². The Bertz CT molecular complexity index is 992. The second kappa shape index (κ2) is 7.27. The lowest BCUT2D eigenvalue weighted by atomic mass is 9.90. The Morgan fingerprint density at radius 1 is 1.22 bits per heavy atom. The number of aromatic nitrogens is 1. The summed E-state index contributed by atoms with van der Waals surface area (Å²) in [7, 11) is 0. The largest absolute Gasteiger partial charge is 0.361 e. The SMILES string of the molecule is Cc1cccc(C(CNC(=O)C2CCC(=O)N2)c2c[nH]c3ccccc23)c1. The minimum absolute atomic E-state index is 0.0297. The monoisotopic (exact) mass is 361 g/mol. The Kier molecular flexibility index (Phi) is 4.67. The van der Waals surface area contributed by atoms with Gasteiger partial charge in [0.15, 0.2) is 0 Å². The first-order valence-electron chi connectivity index (χ1n) is 9.31. The Labute approximate surface area is 158 Å². The highest BCUT2D eigenvalue weighted by molar-refractivity contribution is 5.91. The van der Waals surface area contributed by atoms with E-state index in [1.807, 2.05) is 24.4 Å². The zero-order valence-electron chi connectivity index (χ0n) is 15.3. The lowest BCUT2D eigenvalue weighted by Crippen LogP contribution is -2.43. The third-order valence-corrected chi connectivity index (χ3v) is 5.23. The van der Waals surface area contributed by atoms with Crippen molar-refractivity contribution in [3.05, 3.63) is 71.4 Å². The zero-order valence-corrected chi connectivity index (χ0v) is 15.3. The van der Waals surface area contributed by atoms with Gasteiger partial charge in [-0.15, -0.1) is 0 Å². The van der Waals surface area contributed by atoms with Gasteiger partial charge < -0.3 is 15.6 Å². The number of benzene rings is 2. The van der Waals surface area contributed by atoms with E-state index in [2.05, 4.69) is 52.9 Å². The van der Waals surface area contributed by atoms with Crippen LogP contribution < -0.4 is 10.6 Å². The fraction of sp³-hybridized carbons (Fsp3) is 0.273. The van der Waals surface area contributed by atoms with Crippen molar-refractivity contribution in [1.82, 2.24) is 15.6 Å². The van der Waals surface area contributed by atoms with Gasteiger partial charge in [0, 0.05) is 36.0 Å². The van der Waals surface area contributed by atoms with Crippen molar-refractivity contribution in [2.75, 3.05) is 6.54 Å². The number of rotatable bonds is 5. The van der Waals surface area contributed by atoms with Gasteiger partial charge in [-0.25, -0.2) is 0 Å². The molecule has 5 heteroatoms. The molecule has 2 atom stereocenters. The molecule has 138 valence electrons. The molecular formula is C22H23N3O2. The highest BCUT2D eigenvalue weighted by atomic mass is 16.2. The molecule has 0 radical (unpaired) electrons. The molecule has 3 N–H and O–H groups in total. The van der Waals surface area contributed by atoms with E-state index in [1.54, 1.807) is 0 Å². The Hall–Kier alpha value is -3.08. The molecule has 0 aliphatic carbocycles. The van der Waals surface area contributed by atoms with E-state index < -0.39 is 6.04 Å². The number of aromatic amines is 1. The van der Waals surface area contributed by atoms with E-state index in [0.717, 1.165) is 22.0 Å². The maximum absolute atomic E-state index is 12.5. The predicted octanol–water partition coefficient (Wildman–Crippen LogP) is 3.00. The van der Waals surface area contributed by atoms with Crippen LogP contribution in [0.15, 0.2) is 54.7 Å². The number of carbonyl (C=O) groups excluding carboxylic acids is 2. The highest BCUT2D eigenvalue weighted by Crippen LogP contribution is 2.31. The fourth-order valence-electron chi connectivity index (χ4n) is 3.81. The highest BCUT2D eigenvalue weighted by Gasteiger charge is 2.28. The summed E-state index contributed by atoms with van der Waals surface area (Å²) >= 11 is 0. The Balaban J connectivity index is 1.62. The molecular weight excluding hydrogens is 338 g/mol. The summed E-state index contributed by atoms with van der Waals surface area (Å²) in [6.07, 6.45) is 3.01. The summed E-state index contributed by atoms with van der Waals surface area (Å²) in [5, 5.41) is 6.94. The minimum atomic E-state index is -0.418. The average molecular weight is 361 g/mol. The van der Waals surface area contributed by atoms with E-state index in [0.29, 0.717) is 19.4 Å². The van der Waals surface area contributed by atoms with Crippen LogP contribution in [-0.2, 0) is 9.59 Å². The second-order valence-electron chi connectivity index (χ2n) is 7.16. The third-order valence-electron chi connectivity index (χ3n) is 5.23. The van der Waals surface area contributed by atoms with Gasteiger partial charge in [0.1, 0.15) is 6.04 Å². The summed E-state index contributed by atoms with van der Waals surface area (Å²) in [6.45, 7) is 2.55. The van der Waals surface area contributed by atoms with Crippen LogP contribution >= 0.6 is 0 Å². The van der Waals surface area contributed by atoms with E-state index in [4.69, 9.17) is 0 Å². The van der Waals surface area contributed by atoms with Gasteiger partial charge in [-0.3, -0.25) is 9.59 Å². The quantitative estimate of drug-likeness (QED) is 0.654. The lowest BCUT2D eigenvalue weighted by molar-refractivity contribution is -0.125. The molecule has 2 heterocycles. The molecule has 1 aliphatic rings. The smallest absolute Gasteiger partial charge is 0.242 e. The molecule has 27 heavy (non-hydrogen) atoms. The van der Waals surface area contributed by atoms with Gasteiger partial charge in [0.05, 0.1) is 0 Å². The molecule has 1 fully saturated rings. The van der Waals surface area contributed by atoms with Crippen LogP contribution in [0.3, 0.4) is 0 Å². The fourth-order valence-corrected chi connectivity index (χ4v) is 3.81. The number of amides is 2. The normalized spacial score (nSPS) is 17.7. The van der Waals surface area contributed by atoms with Crippen molar-refractivity contribution >= 4 is 22.7 Å². The Morgan fingerprint density at radius 2 is 2.07 bits per heavy atom. The molecule has 4 rings (SSSR count). The standard InChI is InChI=1S/C22H23N3O2/c1-14-5-4-6-15(11-14)17(12-24-22(27)20-9-10-21(26)25-20)18-13-23-19-8-3-2-7-16(18)19/h2-8,11,13,17,20,23H,9-10,12H2,1H3,(H,24,27)(H,25,26). The zero-order chi connectivity index (χ0) is 18.8. The van der Waals surface area contributed by atoms with Crippen LogP contribution in [0.5, 0.6) is 0 Å². The van der Waals surface area contributed by atoms with E-state index >= 15 is 0 Å². The number of carbonyl (C=O) groups is 2. The number of para-hydroxylation sites is 1. The Morgan fingerprint density at radius 3 is 2.85 bits per heavy atom. The van der Waals surface area contributed by atoms with Crippen molar-refractivity contribution in [2.45, 2.75) is 31.7 Å². The molecule has 1 saturated heterocycles. The number of fused-ring (bicyclic) bond motifs is 1. The van der Waals surface area contributed by atoms with Crippen molar-refractivity contribution in [1.29, 1.82) is 0 Å². The summed E-state index contributed by atoms with van der Waals surface area (Å²) in [6, 6.07) is 16.2. The number of aryl methyl sites for hydroxylation is 1. The maximum Gasteiger partial charge on any atom is 0.242 e. The van der Waals surface area contributed by atoms with Gasteiger partial charge in [0.25, 0.3) is 0 Å². The summed E-state index contributed by atoms with van der Waals surface area (Å²) in [5.41, 5.74) is 4.59. The topological polar surface area (TPSA) is 74.0 Å². The van der Waals surface area contributed by atoms with Gasteiger partial charge in [-0.05, 0) is 30.5 Å². The van der Waals surface area contributed by atoms with E-state index in [-0.39, 0.29) is 17.7 Å². The molecule has 0 saturated carbocycles. The molecule has 2 aromatic carbocycles. The first-order valence-corrected chi connectivity index (χ1v) is 9.31. The van der Waals surface area contributed by atoms with Crippen LogP contribution in [0.25, 0.3) is 10.9 Å². The summed E-state index contributed by atoms with van der Waals surface area (Å²) < 4.78 is 0. The lowest BCUT2D eigenvalue weighted by Gasteiger charge is -2.20. The molecule has 0 bridgehead atoms. The summed E-state index contributed by atoms with van der Waals surface area (Å²) in [5.74, 6) is -0.137. The van der Waals surface area contributed by atoms with E-state index in [9.17, 15) is 9.59 Å². The van der Waals surface area contributed by atoms with Crippen LogP contribution in [0, 0.1) is 6.92 Å².